The number of nitrogens with zero attached hydrogens (tertiary/aromatic N) is 1. The molecule has 1 amide bonds. The lowest BCUT2D eigenvalue weighted by molar-refractivity contribution is -0.119. The molecule has 0 saturated heterocycles. The molecule has 0 aliphatic rings. The van der Waals surface area contributed by atoms with E-state index in [1.54, 1.807) is 12.1 Å². The fraction of sp³-hybridized carbons (Fsp3) is 0.381. The summed E-state index contributed by atoms with van der Waals surface area (Å²) in [5.41, 5.74) is 1.14. The van der Waals surface area contributed by atoms with Crippen LogP contribution in [0.4, 0.5) is 5.69 Å². The van der Waals surface area contributed by atoms with Gasteiger partial charge in [-0.25, -0.2) is 8.42 Å². The van der Waals surface area contributed by atoms with Crippen LogP contribution < -0.4 is 9.62 Å². The first-order chi connectivity index (χ1) is 14.1. The topological polar surface area (TPSA) is 75.7 Å². The van der Waals surface area contributed by atoms with Crippen LogP contribution in [-0.2, 0) is 19.6 Å². The van der Waals surface area contributed by atoms with Gasteiger partial charge in [-0.3, -0.25) is 9.10 Å². The number of aryl methyl sites for hydroxylation is 1. The minimum Gasteiger partial charge on any atom is -0.379 e. The molecule has 0 saturated carbocycles. The second-order valence-electron chi connectivity index (χ2n) is 7.08. The zero-order valence-corrected chi connectivity index (χ0v) is 19.5. The van der Waals surface area contributed by atoms with Crippen LogP contribution in [0.5, 0.6) is 0 Å². The molecule has 0 aliphatic carbocycles. The van der Waals surface area contributed by atoms with Crippen molar-refractivity contribution in [2.45, 2.75) is 38.2 Å². The fourth-order valence-corrected chi connectivity index (χ4v) is 4.56. The third kappa shape index (κ3) is 7.16. The summed E-state index contributed by atoms with van der Waals surface area (Å²) in [6.07, 6.45) is 0.737. The molecule has 0 fully saturated rings. The number of ether oxygens (including phenoxy) is 1. The van der Waals surface area contributed by atoms with Crippen LogP contribution in [0.2, 0.25) is 10.0 Å². The molecular formula is C21H26Cl2N2O4S. The Labute approximate surface area is 188 Å². The second kappa shape index (κ2) is 11.0. The fourth-order valence-electron chi connectivity index (χ4n) is 2.64. The molecular weight excluding hydrogens is 447 g/mol. The quantitative estimate of drug-likeness (QED) is 0.518. The summed E-state index contributed by atoms with van der Waals surface area (Å²) in [7, 11) is -4.02. The van der Waals surface area contributed by atoms with E-state index in [1.807, 2.05) is 20.8 Å². The monoisotopic (exact) mass is 472 g/mol. The van der Waals surface area contributed by atoms with Gasteiger partial charge in [-0.2, -0.15) is 0 Å². The Morgan fingerprint density at radius 3 is 2.27 bits per heavy atom. The molecule has 30 heavy (non-hydrogen) atoms. The zero-order valence-electron chi connectivity index (χ0n) is 17.2. The van der Waals surface area contributed by atoms with Crippen molar-refractivity contribution in [3.63, 3.8) is 0 Å². The number of sulfonamides is 1. The van der Waals surface area contributed by atoms with Crippen LogP contribution in [0.1, 0.15) is 25.8 Å². The van der Waals surface area contributed by atoms with Crippen molar-refractivity contribution in [2.75, 3.05) is 24.0 Å². The normalized spacial score (nSPS) is 11.5. The van der Waals surface area contributed by atoms with Gasteiger partial charge in [0, 0.05) is 23.2 Å². The summed E-state index contributed by atoms with van der Waals surface area (Å²) < 4.78 is 33.0. The van der Waals surface area contributed by atoms with E-state index in [0.717, 1.165) is 9.87 Å². The Morgan fingerprint density at radius 2 is 1.70 bits per heavy atom. The van der Waals surface area contributed by atoms with E-state index in [0.29, 0.717) is 19.6 Å². The first-order valence-corrected chi connectivity index (χ1v) is 11.7. The van der Waals surface area contributed by atoms with Crippen molar-refractivity contribution < 1.29 is 17.9 Å². The molecule has 2 aromatic rings. The smallest absolute Gasteiger partial charge is 0.264 e. The molecule has 0 bridgehead atoms. The van der Waals surface area contributed by atoms with Gasteiger partial charge in [-0.05, 0) is 57.5 Å². The predicted octanol–water partition coefficient (Wildman–Crippen LogP) is 4.43. The molecule has 0 atom stereocenters. The maximum absolute atomic E-state index is 13.3. The van der Waals surface area contributed by atoms with Crippen LogP contribution in [0.15, 0.2) is 47.4 Å². The van der Waals surface area contributed by atoms with Crippen molar-refractivity contribution in [1.29, 1.82) is 0 Å². The highest BCUT2D eigenvalue weighted by molar-refractivity contribution is 7.92. The summed E-state index contributed by atoms with van der Waals surface area (Å²) in [6, 6.07) is 10.8. The Bertz CT molecular complexity index is 943. The number of carbonyl (C=O) groups excluding carboxylic acids is 1. The molecule has 9 heteroatoms. The molecule has 2 rings (SSSR count). The first-order valence-electron chi connectivity index (χ1n) is 9.53. The molecule has 0 spiro atoms. The van der Waals surface area contributed by atoms with Crippen LogP contribution in [-0.4, -0.2) is 40.1 Å². The van der Waals surface area contributed by atoms with E-state index in [1.165, 1.54) is 30.3 Å². The molecule has 0 radical (unpaired) electrons. The molecule has 2 aromatic carbocycles. The maximum atomic E-state index is 13.3. The molecule has 1 N–H and O–H groups in total. The molecule has 0 unspecified atom stereocenters. The van der Waals surface area contributed by atoms with Gasteiger partial charge in [0.05, 0.1) is 16.7 Å². The van der Waals surface area contributed by atoms with Crippen LogP contribution in [0.25, 0.3) is 0 Å². The van der Waals surface area contributed by atoms with Gasteiger partial charge < -0.3 is 10.1 Å². The Balaban J connectivity index is 2.24. The Hall–Kier alpha value is -1.80. The average molecular weight is 473 g/mol. The van der Waals surface area contributed by atoms with E-state index in [2.05, 4.69) is 5.32 Å². The zero-order chi connectivity index (χ0) is 22.3. The second-order valence-corrected chi connectivity index (χ2v) is 9.81. The molecule has 0 aliphatic heterocycles. The summed E-state index contributed by atoms with van der Waals surface area (Å²) in [5.74, 6) is -0.439. The standard InChI is InChI=1S/C21H26Cl2N2O4S/c1-15(2)29-10-4-9-24-21(26)14-25(19-12-17(22)11-18(23)13-19)30(27,28)20-7-5-16(3)6-8-20/h5-8,11-13,15H,4,9-10,14H2,1-3H3,(H,24,26). The Morgan fingerprint density at radius 1 is 1.10 bits per heavy atom. The maximum Gasteiger partial charge on any atom is 0.264 e. The summed E-state index contributed by atoms with van der Waals surface area (Å²) in [5, 5.41) is 3.27. The van der Waals surface area contributed by atoms with Crippen molar-refractivity contribution >= 4 is 44.8 Å². The van der Waals surface area contributed by atoms with E-state index >= 15 is 0 Å². The van der Waals surface area contributed by atoms with Crippen LogP contribution >= 0.6 is 23.2 Å². The summed E-state index contributed by atoms with van der Waals surface area (Å²) >= 11 is 12.1. The highest BCUT2D eigenvalue weighted by Crippen LogP contribution is 2.29. The molecule has 0 heterocycles. The lowest BCUT2D eigenvalue weighted by atomic mass is 10.2. The number of halogens is 2. The van der Waals surface area contributed by atoms with E-state index in [4.69, 9.17) is 27.9 Å². The van der Waals surface area contributed by atoms with Gasteiger partial charge >= 0.3 is 0 Å². The summed E-state index contributed by atoms with van der Waals surface area (Å²) in [6.45, 7) is 6.21. The SMILES string of the molecule is Cc1ccc(S(=O)(=O)N(CC(=O)NCCCOC(C)C)c2cc(Cl)cc(Cl)c2)cc1. The van der Waals surface area contributed by atoms with Crippen molar-refractivity contribution in [2.24, 2.45) is 0 Å². The number of anilines is 1. The van der Waals surface area contributed by atoms with Gasteiger partial charge in [0.2, 0.25) is 5.91 Å². The van der Waals surface area contributed by atoms with Gasteiger partial charge in [0.15, 0.2) is 0 Å². The minimum absolute atomic E-state index is 0.0716. The number of hydrogen-bond acceptors (Lipinski definition) is 4. The van der Waals surface area contributed by atoms with Gasteiger partial charge in [-0.1, -0.05) is 40.9 Å². The van der Waals surface area contributed by atoms with Gasteiger partial charge in [0.25, 0.3) is 10.0 Å². The third-order valence-electron chi connectivity index (χ3n) is 4.13. The van der Waals surface area contributed by atoms with Crippen molar-refractivity contribution in [3.05, 3.63) is 58.1 Å². The first kappa shape index (κ1) is 24.5. The number of rotatable bonds is 10. The van der Waals surface area contributed by atoms with Crippen LogP contribution in [0, 0.1) is 6.92 Å². The molecule has 0 aromatic heterocycles. The largest absolute Gasteiger partial charge is 0.379 e. The van der Waals surface area contributed by atoms with Crippen LogP contribution in [0.3, 0.4) is 0 Å². The van der Waals surface area contributed by atoms with E-state index in [9.17, 15) is 13.2 Å². The predicted molar refractivity (Wildman–Crippen MR) is 121 cm³/mol. The van der Waals surface area contributed by atoms with Crippen molar-refractivity contribution in [3.8, 4) is 0 Å². The van der Waals surface area contributed by atoms with Gasteiger partial charge in [-0.15, -0.1) is 0 Å². The number of hydrogen-bond donors (Lipinski definition) is 1. The number of nitrogens with one attached hydrogen (secondary N) is 1. The molecule has 164 valence electrons. The lowest BCUT2D eigenvalue weighted by Crippen LogP contribution is -2.41. The molecule has 6 nitrogen and oxygen atoms in total. The highest BCUT2D eigenvalue weighted by atomic mass is 35.5. The summed E-state index contributed by atoms with van der Waals surface area (Å²) in [4.78, 5) is 12.6. The Kier molecular flexibility index (Phi) is 8.97. The minimum atomic E-state index is -4.02. The van der Waals surface area contributed by atoms with E-state index < -0.39 is 22.5 Å². The number of amides is 1. The highest BCUT2D eigenvalue weighted by Gasteiger charge is 2.27. The average Bonchev–Trinajstić information content (AvgIpc) is 2.65. The number of benzene rings is 2. The van der Waals surface area contributed by atoms with Gasteiger partial charge in [0.1, 0.15) is 6.54 Å². The van der Waals surface area contributed by atoms with Crippen molar-refractivity contribution in [1.82, 2.24) is 5.32 Å². The third-order valence-corrected chi connectivity index (χ3v) is 6.35. The van der Waals surface area contributed by atoms with E-state index in [-0.39, 0.29) is 26.7 Å². The number of carbonyl (C=O) groups is 1. The lowest BCUT2D eigenvalue weighted by Gasteiger charge is -2.24.